The van der Waals surface area contributed by atoms with Gasteiger partial charge < -0.3 is 9.73 Å². The molecule has 0 radical (unpaired) electrons. The summed E-state index contributed by atoms with van der Waals surface area (Å²) in [6.07, 6.45) is 0. The van der Waals surface area contributed by atoms with Gasteiger partial charge in [0, 0.05) is 16.3 Å². The van der Waals surface area contributed by atoms with E-state index in [2.05, 4.69) is 21.6 Å². The molecule has 0 aliphatic carbocycles. The molecule has 0 spiro atoms. The molecule has 1 N–H and O–H groups in total. The highest BCUT2D eigenvalue weighted by Crippen LogP contribution is 2.23. The number of hydrogen-bond donors (Lipinski definition) is 1. The predicted molar refractivity (Wildman–Crippen MR) is 79.2 cm³/mol. The van der Waals surface area contributed by atoms with Crippen LogP contribution in [0.1, 0.15) is 5.56 Å². The molecule has 0 aliphatic heterocycles. The van der Waals surface area contributed by atoms with Crippen molar-refractivity contribution in [1.29, 1.82) is 5.26 Å². The maximum Gasteiger partial charge on any atom is 0.320 e. The van der Waals surface area contributed by atoms with E-state index in [9.17, 15) is 0 Å². The molecule has 2 aromatic carbocycles. The Bertz CT molecular complexity index is 788. The quantitative estimate of drug-likeness (QED) is 0.790. The van der Waals surface area contributed by atoms with Gasteiger partial charge in [-0.05, 0) is 48.5 Å². The molecule has 0 atom stereocenters. The molecule has 3 aromatic rings. The number of anilines is 2. The normalized spacial score (nSPS) is 10.1. The maximum absolute atomic E-state index is 8.77. The largest absolute Gasteiger partial charge is 0.403 e. The molecule has 1 aromatic heterocycles. The topological polar surface area (TPSA) is 74.7 Å². The van der Waals surface area contributed by atoms with Gasteiger partial charge in [0.25, 0.3) is 0 Å². The van der Waals surface area contributed by atoms with Crippen LogP contribution in [0.25, 0.3) is 11.5 Å². The second-order valence-corrected chi connectivity index (χ2v) is 4.67. The summed E-state index contributed by atoms with van der Waals surface area (Å²) in [5.74, 6) is 0.385. The van der Waals surface area contributed by atoms with Crippen LogP contribution in [0.5, 0.6) is 0 Å². The van der Waals surface area contributed by atoms with Crippen LogP contribution < -0.4 is 5.32 Å². The zero-order valence-corrected chi connectivity index (χ0v) is 11.5. The van der Waals surface area contributed by atoms with Gasteiger partial charge in [0.2, 0.25) is 5.89 Å². The highest BCUT2D eigenvalue weighted by molar-refractivity contribution is 6.30. The Kier molecular flexibility index (Phi) is 3.54. The van der Waals surface area contributed by atoms with Crippen LogP contribution in [-0.4, -0.2) is 10.2 Å². The average molecular weight is 297 g/mol. The monoisotopic (exact) mass is 296 g/mol. The van der Waals surface area contributed by atoms with Crippen LogP contribution >= 0.6 is 11.6 Å². The van der Waals surface area contributed by atoms with Crippen LogP contribution in [0, 0.1) is 11.3 Å². The SMILES string of the molecule is N#Cc1ccc(-c2nnc(Nc3ccc(Cl)cc3)o2)cc1. The van der Waals surface area contributed by atoms with Gasteiger partial charge in [0.05, 0.1) is 11.6 Å². The number of benzene rings is 2. The fourth-order valence-corrected chi connectivity index (χ4v) is 1.86. The number of rotatable bonds is 3. The Morgan fingerprint density at radius 3 is 2.38 bits per heavy atom. The molecule has 0 aliphatic rings. The number of aromatic nitrogens is 2. The van der Waals surface area contributed by atoms with Crippen molar-refractivity contribution in [2.24, 2.45) is 0 Å². The van der Waals surface area contributed by atoms with Gasteiger partial charge in [-0.2, -0.15) is 5.26 Å². The second kappa shape index (κ2) is 5.65. The Morgan fingerprint density at radius 1 is 1.00 bits per heavy atom. The van der Waals surface area contributed by atoms with Crippen molar-refractivity contribution in [3.63, 3.8) is 0 Å². The molecule has 6 heteroatoms. The van der Waals surface area contributed by atoms with E-state index in [0.29, 0.717) is 16.5 Å². The van der Waals surface area contributed by atoms with Gasteiger partial charge in [0.15, 0.2) is 0 Å². The zero-order valence-electron chi connectivity index (χ0n) is 10.7. The molecule has 0 amide bonds. The van der Waals surface area contributed by atoms with Crippen molar-refractivity contribution in [3.8, 4) is 17.5 Å². The summed E-state index contributed by atoms with van der Waals surface area (Å²) < 4.78 is 5.53. The van der Waals surface area contributed by atoms with Gasteiger partial charge in [-0.3, -0.25) is 0 Å². The molecule has 0 fully saturated rings. The van der Waals surface area contributed by atoms with E-state index in [4.69, 9.17) is 21.3 Å². The van der Waals surface area contributed by atoms with Gasteiger partial charge >= 0.3 is 6.01 Å². The Labute approximate surface area is 125 Å². The number of nitrogens with one attached hydrogen (secondary N) is 1. The van der Waals surface area contributed by atoms with Crippen LogP contribution in [0.2, 0.25) is 5.02 Å². The Balaban J connectivity index is 1.79. The second-order valence-electron chi connectivity index (χ2n) is 4.23. The average Bonchev–Trinajstić information content (AvgIpc) is 2.98. The highest BCUT2D eigenvalue weighted by atomic mass is 35.5. The van der Waals surface area contributed by atoms with Crippen molar-refractivity contribution in [2.75, 3.05) is 5.32 Å². The third-order valence-corrected chi connectivity index (χ3v) is 3.03. The Morgan fingerprint density at radius 2 is 1.71 bits per heavy atom. The van der Waals surface area contributed by atoms with Crippen LogP contribution in [0.4, 0.5) is 11.7 Å². The van der Waals surface area contributed by atoms with E-state index in [-0.39, 0.29) is 6.01 Å². The molecule has 0 saturated carbocycles. The summed E-state index contributed by atoms with van der Waals surface area (Å²) >= 11 is 5.82. The minimum atomic E-state index is 0.289. The van der Waals surface area contributed by atoms with E-state index < -0.39 is 0 Å². The first-order valence-electron chi connectivity index (χ1n) is 6.11. The summed E-state index contributed by atoms with van der Waals surface area (Å²) in [6, 6.07) is 16.4. The van der Waals surface area contributed by atoms with Crippen LogP contribution in [0.15, 0.2) is 52.9 Å². The third-order valence-electron chi connectivity index (χ3n) is 2.78. The maximum atomic E-state index is 8.77. The van der Waals surface area contributed by atoms with Crippen molar-refractivity contribution in [2.45, 2.75) is 0 Å². The van der Waals surface area contributed by atoms with Crippen molar-refractivity contribution in [1.82, 2.24) is 10.2 Å². The van der Waals surface area contributed by atoms with Gasteiger partial charge in [-0.15, -0.1) is 5.10 Å². The predicted octanol–water partition coefficient (Wildman–Crippen LogP) is 4.01. The first-order chi connectivity index (χ1) is 10.2. The van der Waals surface area contributed by atoms with Crippen molar-refractivity contribution >= 4 is 23.3 Å². The minimum Gasteiger partial charge on any atom is -0.403 e. The molecule has 5 nitrogen and oxygen atoms in total. The van der Waals surface area contributed by atoms with E-state index in [0.717, 1.165) is 11.3 Å². The van der Waals surface area contributed by atoms with Gasteiger partial charge in [-0.1, -0.05) is 16.7 Å². The molecule has 3 rings (SSSR count). The molecule has 0 saturated heterocycles. The molecule has 0 bridgehead atoms. The smallest absolute Gasteiger partial charge is 0.320 e. The van der Waals surface area contributed by atoms with E-state index in [1.165, 1.54) is 0 Å². The van der Waals surface area contributed by atoms with Gasteiger partial charge in [0.1, 0.15) is 0 Å². The number of nitriles is 1. The van der Waals surface area contributed by atoms with Crippen molar-refractivity contribution < 1.29 is 4.42 Å². The first-order valence-corrected chi connectivity index (χ1v) is 6.49. The lowest BCUT2D eigenvalue weighted by molar-refractivity contribution is 0.587. The van der Waals surface area contributed by atoms with Crippen molar-refractivity contribution in [3.05, 3.63) is 59.1 Å². The first kappa shape index (κ1) is 13.2. The highest BCUT2D eigenvalue weighted by Gasteiger charge is 2.08. The summed E-state index contributed by atoms with van der Waals surface area (Å²) in [7, 11) is 0. The minimum absolute atomic E-state index is 0.289. The van der Waals surface area contributed by atoms with Crippen LogP contribution in [-0.2, 0) is 0 Å². The lowest BCUT2D eigenvalue weighted by Gasteiger charge is -2.00. The molecule has 21 heavy (non-hydrogen) atoms. The van der Waals surface area contributed by atoms with Gasteiger partial charge in [-0.25, -0.2) is 0 Å². The summed E-state index contributed by atoms with van der Waals surface area (Å²) in [5.41, 5.74) is 2.14. The van der Waals surface area contributed by atoms with E-state index in [1.54, 1.807) is 36.4 Å². The number of halogens is 1. The summed E-state index contributed by atoms with van der Waals surface area (Å²) in [4.78, 5) is 0. The zero-order chi connectivity index (χ0) is 14.7. The van der Waals surface area contributed by atoms with E-state index in [1.807, 2.05) is 12.1 Å². The molecule has 102 valence electrons. The lowest BCUT2D eigenvalue weighted by Crippen LogP contribution is -1.89. The van der Waals surface area contributed by atoms with E-state index >= 15 is 0 Å². The lowest BCUT2D eigenvalue weighted by atomic mass is 10.1. The standard InChI is InChI=1S/C15H9ClN4O/c16-12-5-7-13(8-6-12)18-15-20-19-14(21-15)11-3-1-10(9-17)2-4-11/h1-8H,(H,18,20). The number of hydrogen-bond acceptors (Lipinski definition) is 5. The Hall–Kier alpha value is -2.84. The third kappa shape index (κ3) is 3.02. The molecule has 0 unspecified atom stereocenters. The van der Waals surface area contributed by atoms with Crippen LogP contribution in [0.3, 0.4) is 0 Å². The molecule has 1 heterocycles. The number of nitrogens with zero attached hydrogens (tertiary/aromatic N) is 3. The summed E-state index contributed by atoms with van der Waals surface area (Å²) in [6.45, 7) is 0. The molecular formula is C15H9ClN4O. The molecular weight excluding hydrogens is 288 g/mol. The summed E-state index contributed by atoms with van der Waals surface area (Å²) in [5, 5.41) is 20.3. The fraction of sp³-hybridized carbons (Fsp3) is 0. The fourth-order valence-electron chi connectivity index (χ4n) is 1.73.